The van der Waals surface area contributed by atoms with E-state index in [4.69, 9.17) is 5.11 Å². The number of aromatic nitrogens is 2. The van der Waals surface area contributed by atoms with Gasteiger partial charge >= 0.3 is 0 Å². The van der Waals surface area contributed by atoms with Crippen molar-refractivity contribution >= 4 is 16.7 Å². The quantitative estimate of drug-likeness (QED) is 0.853. The van der Waals surface area contributed by atoms with Gasteiger partial charge in [-0.05, 0) is 18.6 Å². The second-order valence-corrected chi connectivity index (χ2v) is 3.93. The third kappa shape index (κ3) is 2.53. The number of anilines is 1. The highest BCUT2D eigenvalue weighted by Gasteiger charge is 2.10. The molecule has 1 heterocycles. The van der Waals surface area contributed by atoms with Crippen LogP contribution >= 0.6 is 0 Å². The van der Waals surface area contributed by atoms with E-state index in [0.717, 1.165) is 29.7 Å². The summed E-state index contributed by atoms with van der Waals surface area (Å²) in [4.78, 5) is 10.7. The lowest BCUT2D eigenvalue weighted by Gasteiger charge is -2.23. The van der Waals surface area contributed by atoms with Crippen LogP contribution in [0, 0.1) is 0 Å². The van der Waals surface area contributed by atoms with E-state index in [9.17, 15) is 0 Å². The summed E-state index contributed by atoms with van der Waals surface area (Å²) in [6.45, 7) is 3.75. The number of aliphatic hydroxyl groups excluding tert-OH is 1. The summed E-state index contributed by atoms with van der Waals surface area (Å²) in [5, 5.41) is 10.2. The van der Waals surface area contributed by atoms with Crippen LogP contribution < -0.4 is 4.90 Å². The van der Waals surface area contributed by atoms with Crippen molar-refractivity contribution in [1.82, 2.24) is 9.97 Å². The standard InChI is InChI=1S/C13H17N3O/c1-2-7-16(8-9-17)13-11-5-3-4-6-12(11)14-10-15-13/h3-6,10,17H,2,7-9H2,1H3. The molecule has 0 fully saturated rings. The van der Waals surface area contributed by atoms with Crippen molar-refractivity contribution in [3.63, 3.8) is 0 Å². The van der Waals surface area contributed by atoms with Gasteiger partial charge in [0.2, 0.25) is 0 Å². The van der Waals surface area contributed by atoms with Gasteiger partial charge in [-0.3, -0.25) is 0 Å². The number of fused-ring (bicyclic) bond motifs is 1. The van der Waals surface area contributed by atoms with Crippen molar-refractivity contribution in [3.8, 4) is 0 Å². The van der Waals surface area contributed by atoms with Crippen molar-refractivity contribution < 1.29 is 5.11 Å². The van der Waals surface area contributed by atoms with Crippen LogP contribution in [0.15, 0.2) is 30.6 Å². The molecule has 2 rings (SSSR count). The average Bonchev–Trinajstić information content (AvgIpc) is 2.38. The summed E-state index contributed by atoms with van der Waals surface area (Å²) in [6, 6.07) is 7.95. The summed E-state index contributed by atoms with van der Waals surface area (Å²) < 4.78 is 0. The van der Waals surface area contributed by atoms with E-state index in [-0.39, 0.29) is 6.61 Å². The summed E-state index contributed by atoms with van der Waals surface area (Å²) in [5.74, 6) is 0.909. The van der Waals surface area contributed by atoms with E-state index in [0.29, 0.717) is 6.54 Å². The first-order valence-corrected chi connectivity index (χ1v) is 5.92. The Bertz CT molecular complexity index is 476. The van der Waals surface area contributed by atoms with Crippen LogP contribution in [0.2, 0.25) is 0 Å². The Morgan fingerprint density at radius 3 is 2.76 bits per heavy atom. The van der Waals surface area contributed by atoms with Gasteiger partial charge in [0.25, 0.3) is 0 Å². The Balaban J connectivity index is 2.44. The molecule has 0 unspecified atom stereocenters. The fraction of sp³-hybridized carbons (Fsp3) is 0.385. The third-order valence-electron chi connectivity index (χ3n) is 2.68. The molecule has 1 N–H and O–H groups in total. The molecule has 0 spiro atoms. The summed E-state index contributed by atoms with van der Waals surface area (Å²) in [6.07, 6.45) is 2.61. The molecule has 0 aliphatic rings. The summed E-state index contributed by atoms with van der Waals surface area (Å²) >= 11 is 0. The SMILES string of the molecule is CCCN(CCO)c1ncnc2ccccc12. The Morgan fingerprint density at radius 2 is 2.00 bits per heavy atom. The smallest absolute Gasteiger partial charge is 0.139 e. The molecule has 17 heavy (non-hydrogen) atoms. The summed E-state index contributed by atoms with van der Waals surface area (Å²) in [7, 11) is 0. The predicted molar refractivity (Wildman–Crippen MR) is 69.1 cm³/mol. The first-order valence-electron chi connectivity index (χ1n) is 5.92. The highest BCUT2D eigenvalue weighted by Crippen LogP contribution is 2.22. The van der Waals surface area contributed by atoms with Crippen LogP contribution in [0.4, 0.5) is 5.82 Å². The zero-order chi connectivity index (χ0) is 12.1. The minimum Gasteiger partial charge on any atom is -0.395 e. The highest BCUT2D eigenvalue weighted by atomic mass is 16.3. The molecule has 0 bridgehead atoms. The van der Waals surface area contributed by atoms with E-state index >= 15 is 0 Å². The zero-order valence-electron chi connectivity index (χ0n) is 10.0. The van der Waals surface area contributed by atoms with Crippen molar-refractivity contribution in [2.24, 2.45) is 0 Å². The number of hydrogen-bond donors (Lipinski definition) is 1. The molecule has 2 aromatic rings. The predicted octanol–water partition coefficient (Wildman–Crippen LogP) is 1.84. The molecule has 0 radical (unpaired) electrons. The largest absolute Gasteiger partial charge is 0.395 e. The van der Waals surface area contributed by atoms with Gasteiger partial charge in [-0.25, -0.2) is 9.97 Å². The molecule has 0 atom stereocenters. The minimum absolute atomic E-state index is 0.137. The molecular formula is C13H17N3O. The van der Waals surface area contributed by atoms with Crippen molar-refractivity contribution in [3.05, 3.63) is 30.6 Å². The number of rotatable bonds is 5. The fourth-order valence-electron chi connectivity index (χ4n) is 1.96. The van der Waals surface area contributed by atoms with Crippen molar-refractivity contribution in [2.45, 2.75) is 13.3 Å². The molecule has 1 aromatic carbocycles. The maximum absolute atomic E-state index is 9.11. The van der Waals surface area contributed by atoms with E-state index in [1.54, 1.807) is 6.33 Å². The fourth-order valence-corrected chi connectivity index (χ4v) is 1.96. The zero-order valence-corrected chi connectivity index (χ0v) is 10.0. The highest BCUT2D eigenvalue weighted by molar-refractivity contribution is 5.89. The van der Waals surface area contributed by atoms with E-state index in [1.165, 1.54) is 0 Å². The third-order valence-corrected chi connectivity index (χ3v) is 2.68. The molecule has 4 heteroatoms. The Hall–Kier alpha value is -1.68. The number of aliphatic hydroxyl groups is 1. The van der Waals surface area contributed by atoms with Crippen molar-refractivity contribution in [1.29, 1.82) is 0 Å². The van der Waals surface area contributed by atoms with E-state index < -0.39 is 0 Å². The molecule has 4 nitrogen and oxygen atoms in total. The maximum atomic E-state index is 9.11. The van der Waals surface area contributed by atoms with Crippen molar-refractivity contribution in [2.75, 3.05) is 24.6 Å². The number of nitrogens with zero attached hydrogens (tertiary/aromatic N) is 3. The van der Waals surface area contributed by atoms with Gasteiger partial charge in [0.1, 0.15) is 12.1 Å². The first kappa shape index (κ1) is 11.8. The van der Waals surface area contributed by atoms with Gasteiger partial charge in [0.15, 0.2) is 0 Å². The van der Waals surface area contributed by atoms with Crippen LogP contribution in [0.25, 0.3) is 10.9 Å². The Labute approximate surface area is 101 Å². The lowest BCUT2D eigenvalue weighted by Crippen LogP contribution is -2.28. The molecule has 0 saturated carbocycles. The van der Waals surface area contributed by atoms with Crippen LogP contribution in [0.3, 0.4) is 0 Å². The van der Waals surface area contributed by atoms with Crippen LogP contribution in [-0.2, 0) is 0 Å². The van der Waals surface area contributed by atoms with Crippen LogP contribution in [-0.4, -0.2) is 34.8 Å². The molecule has 0 aliphatic carbocycles. The maximum Gasteiger partial charge on any atom is 0.139 e. The summed E-state index contributed by atoms with van der Waals surface area (Å²) in [5.41, 5.74) is 0.941. The molecule has 90 valence electrons. The number of para-hydroxylation sites is 1. The molecule has 0 saturated heterocycles. The lowest BCUT2D eigenvalue weighted by atomic mass is 10.2. The Kier molecular flexibility index (Phi) is 3.88. The molecule has 0 aliphatic heterocycles. The second-order valence-electron chi connectivity index (χ2n) is 3.93. The molecule has 0 amide bonds. The Morgan fingerprint density at radius 1 is 1.18 bits per heavy atom. The molecular weight excluding hydrogens is 214 g/mol. The normalized spacial score (nSPS) is 10.7. The van der Waals surface area contributed by atoms with Crippen LogP contribution in [0.1, 0.15) is 13.3 Å². The van der Waals surface area contributed by atoms with Gasteiger partial charge < -0.3 is 10.0 Å². The second kappa shape index (κ2) is 5.59. The lowest BCUT2D eigenvalue weighted by molar-refractivity contribution is 0.301. The van der Waals surface area contributed by atoms with Crippen LogP contribution in [0.5, 0.6) is 0 Å². The first-order chi connectivity index (χ1) is 8.36. The number of hydrogen-bond acceptors (Lipinski definition) is 4. The molecule has 1 aromatic heterocycles. The topological polar surface area (TPSA) is 49.2 Å². The van der Waals surface area contributed by atoms with E-state index in [1.807, 2.05) is 24.3 Å². The van der Waals surface area contributed by atoms with Gasteiger partial charge in [-0.15, -0.1) is 0 Å². The van der Waals surface area contributed by atoms with Gasteiger partial charge in [-0.2, -0.15) is 0 Å². The van der Waals surface area contributed by atoms with E-state index in [2.05, 4.69) is 21.8 Å². The van der Waals surface area contributed by atoms with Gasteiger partial charge in [0, 0.05) is 18.5 Å². The average molecular weight is 231 g/mol. The number of benzene rings is 1. The monoisotopic (exact) mass is 231 g/mol. The van der Waals surface area contributed by atoms with Gasteiger partial charge in [-0.1, -0.05) is 19.1 Å². The minimum atomic E-state index is 0.137. The van der Waals surface area contributed by atoms with Gasteiger partial charge in [0.05, 0.1) is 12.1 Å².